The van der Waals surface area contributed by atoms with Crippen LogP contribution < -0.4 is 5.73 Å². The van der Waals surface area contributed by atoms with Crippen molar-refractivity contribution in [2.75, 3.05) is 0 Å². The zero-order valence-corrected chi connectivity index (χ0v) is 9.35. The molecule has 0 fully saturated rings. The summed E-state index contributed by atoms with van der Waals surface area (Å²) in [6.45, 7) is 11.2. The molecule has 0 aliphatic carbocycles. The Bertz CT molecular complexity index is 113. The average Bonchev–Trinajstić information content (AvgIpc) is 1.97. The Morgan fingerprint density at radius 1 is 1.25 bits per heavy atom. The minimum Gasteiger partial charge on any atom is -0.327 e. The standard InChI is InChI=1S/C11H25N/c1-6-7-8-9(2)10(12)11(3,4)5/h9-10H,6-8,12H2,1-5H3. The molecule has 1 nitrogen and oxygen atoms in total. The Morgan fingerprint density at radius 3 is 2.08 bits per heavy atom. The molecule has 0 saturated carbocycles. The van der Waals surface area contributed by atoms with Gasteiger partial charge in [0.25, 0.3) is 0 Å². The molecule has 2 unspecified atom stereocenters. The van der Waals surface area contributed by atoms with E-state index in [0.717, 1.165) is 0 Å². The highest BCUT2D eigenvalue weighted by atomic mass is 14.7. The van der Waals surface area contributed by atoms with Gasteiger partial charge in [-0.05, 0) is 17.8 Å². The molecule has 0 amide bonds. The van der Waals surface area contributed by atoms with Gasteiger partial charge in [-0.2, -0.15) is 0 Å². The molecule has 2 atom stereocenters. The lowest BCUT2D eigenvalue weighted by Gasteiger charge is -2.32. The third-order valence-electron chi connectivity index (χ3n) is 2.63. The van der Waals surface area contributed by atoms with Crippen LogP contribution in [0.15, 0.2) is 0 Å². The molecule has 1 heteroatoms. The monoisotopic (exact) mass is 171 g/mol. The topological polar surface area (TPSA) is 26.0 Å². The van der Waals surface area contributed by atoms with Crippen molar-refractivity contribution in [2.45, 2.75) is 59.9 Å². The van der Waals surface area contributed by atoms with Crippen LogP contribution in [0.4, 0.5) is 0 Å². The van der Waals surface area contributed by atoms with Crippen molar-refractivity contribution < 1.29 is 0 Å². The third-order valence-corrected chi connectivity index (χ3v) is 2.63. The molecule has 74 valence electrons. The van der Waals surface area contributed by atoms with Crippen LogP contribution in [0.5, 0.6) is 0 Å². The second-order valence-corrected chi connectivity index (χ2v) is 5.01. The predicted molar refractivity (Wildman–Crippen MR) is 56.1 cm³/mol. The highest BCUT2D eigenvalue weighted by Crippen LogP contribution is 2.25. The van der Waals surface area contributed by atoms with Crippen LogP contribution in [0.2, 0.25) is 0 Å². The van der Waals surface area contributed by atoms with E-state index in [4.69, 9.17) is 5.73 Å². The van der Waals surface area contributed by atoms with E-state index in [0.29, 0.717) is 12.0 Å². The Morgan fingerprint density at radius 2 is 1.75 bits per heavy atom. The first-order valence-electron chi connectivity index (χ1n) is 5.15. The molecule has 0 aliphatic heterocycles. The van der Waals surface area contributed by atoms with E-state index in [-0.39, 0.29) is 5.41 Å². The lowest BCUT2D eigenvalue weighted by molar-refractivity contribution is 0.237. The molecular formula is C11H25N. The molecule has 0 aromatic rings. The van der Waals surface area contributed by atoms with Gasteiger partial charge < -0.3 is 5.73 Å². The maximum atomic E-state index is 6.14. The van der Waals surface area contributed by atoms with Crippen LogP contribution in [0, 0.1) is 11.3 Å². The molecular weight excluding hydrogens is 146 g/mol. The summed E-state index contributed by atoms with van der Waals surface area (Å²) >= 11 is 0. The first-order valence-corrected chi connectivity index (χ1v) is 5.15. The molecule has 0 radical (unpaired) electrons. The molecule has 0 rings (SSSR count). The number of hydrogen-bond acceptors (Lipinski definition) is 1. The van der Waals surface area contributed by atoms with Gasteiger partial charge in [0.15, 0.2) is 0 Å². The quantitative estimate of drug-likeness (QED) is 0.690. The van der Waals surface area contributed by atoms with E-state index < -0.39 is 0 Å². The van der Waals surface area contributed by atoms with Gasteiger partial charge in [0, 0.05) is 6.04 Å². The highest BCUT2D eigenvalue weighted by Gasteiger charge is 2.25. The summed E-state index contributed by atoms with van der Waals surface area (Å²) in [4.78, 5) is 0. The van der Waals surface area contributed by atoms with Crippen molar-refractivity contribution in [3.63, 3.8) is 0 Å². The van der Waals surface area contributed by atoms with E-state index in [2.05, 4.69) is 34.6 Å². The normalized spacial score (nSPS) is 17.5. The SMILES string of the molecule is CCCCC(C)C(N)C(C)(C)C. The molecule has 0 saturated heterocycles. The van der Waals surface area contributed by atoms with Crippen LogP contribution in [0.1, 0.15) is 53.9 Å². The fourth-order valence-corrected chi connectivity index (χ4v) is 1.56. The van der Waals surface area contributed by atoms with Gasteiger partial charge in [-0.25, -0.2) is 0 Å². The molecule has 2 N–H and O–H groups in total. The largest absolute Gasteiger partial charge is 0.327 e. The Balaban J connectivity index is 3.84. The lowest BCUT2D eigenvalue weighted by Crippen LogP contribution is -2.40. The Labute approximate surface area is 77.7 Å². The fraction of sp³-hybridized carbons (Fsp3) is 1.00. The molecule has 0 aromatic heterocycles. The third kappa shape index (κ3) is 4.10. The Hall–Kier alpha value is -0.0400. The van der Waals surface area contributed by atoms with Gasteiger partial charge in [0.05, 0.1) is 0 Å². The van der Waals surface area contributed by atoms with Gasteiger partial charge in [-0.15, -0.1) is 0 Å². The van der Waals surface area contributed by atoms with E-state index in [9.17, 15) is 0 Å². The van der Waals surface area contributed by atoms with Crippen molar-refractivity contribution in [2.24, 2.45) is 17.1 Å². The van der Waals surface area contributed by atoms with E-state index in [1.165, 1.54) is 19.3 Å². The minimum absolute atomic E-state index is 0.257. The maximum Gasteiger partial charge on any atom is 0.0113 e. The van der Waals surface area contributed by atoms with Crippen LogP contribution in [0.3, 0.4) is 0 Å². The van der Waals surface area contributed by atoms with E-state index in [1.54, 1.807) is 0 Å². The van der Waals surface area contributed by atoms with E-state index in [1.807, 2.05) is 0 Å². The zero-order valence-electron chi connectivity index (χ0n) is 9.35. The van der Waals surface area contributed by atoms with Crippen molar-refractivity contribution >= 4 is 0 Å². The van der Waals surface area contributed by atoms with Crippen molar-refractivity contribution in [1.29, 1.82) is 0 Å². The van der Waals surface area contributed by atoms with Crippen molar-refractivity contribution in [3.8, 4) is 0 Å². The summed E-state index contributed by atoms with van der Waals surface area (Å²) in [5, 5.41) is 0. The molecule has 0 bridgehead atoms. The highest BCUT2D eigenvalue weighted by molar-refractivity contribution is 4.81. The molecule has 0 aromatic carbocycles. The van der Waals surface area contributed by atoms with Crippen molar-refractivity contribution in [1.82, 2.24) is 0 Å². The first kappa shape index (κ1) is 12.0. The Kier molecular flexibility index (Phi) is 4.84. The van der Waals surface area contributed by atoms with Crippen molar-refractivity contribution in [3.05, 3.63) is 0 Å². The smallest absolute Gasteiger partial charge is 0.0113 e. The number of nitrogens with two attached hydrogens (primary N) is 1. The summed E-state index contributed by atoms with van der Waals surface area (Å²) in [5.74, 6) is 0.657. The minimum atomic E-state index is 0.257. The van der Waals surface area contributed by atoms with E-state index >= 15 is 0 Å². The summed E-state index contributed by atoms with van der Waals surface area (Å²) in [6.07, 6.45) is 3.86. The first-order chi connectivity index (χ1) is 5.39. The summed E-state index contributed by atoms with van der Waals surface area (Å²) in [5.41, 5.74) is 6.39. The zero-order chi connectivity index (χ0) is 9.78. The van der Waals surface area contributed by atoms with Gasteiger partial charge >= 0.3 is 0 Å². The van der Waals surface area contributed by atoms with Gasteiger partial charge in [0.2, 0.25) is 0 Å². The van der Waals surface area contributed by atoms with Crippen LogP contribution in [0.25, 0.3) is 0 Å². The van der Waals surface area contributed by atoms with Crippen LogP contribution in [-0.2, 0) is 0 Å². The number of unbranched alkanes of at least 4 members (excludes halogenated alkanes) is 1. The lowest BCUT2D eigenvalue weighted by atomic mass is 9.78. The second-order valence-electron chi connectivity index (χ2n) is 5.01. The van der Waals surface area contributed by atoms with Crippen LogP contribution in [-0.4, -0.2) is 6.04 Å². The average molecular weight is 171 g/mol. The summed E-state index contributed by atoms with van der Waals surface area (Å²) in [6, 6.07) is 0.337. The van der Waals surface area contributed by atoms with Crippen LogP contribution >= 0.6 is 0 Å². The number of rotatable bonds is 4. The second kappa shape index (κ2) is 4.86. The molecule has 12 heavy (non-hydrogen) atoms. The van der Waals surface area contributed by atoms with Gasteiger partial charge in [-0.1, -0.05) is 47.5 Å². The maximum absolute atomic E-state index is 6.14. The summed E-state index contributed by atoms with van der Waals surface area (Å²) < 4.78 is 0. The molecule has 0 aliphatic rings. The van der Waals surface area contributed by atoms with Gasteiger partial charge in [0.1, 0.15) is 0 Å². The van der Waals surface area contributed by atoms with Gasteiger partial charge in [-0.3, -0.25) is 0 Å². The molecule has 0 spiro atoms. The summed E-state index contributed by atoms with van der Waals surface area (Å²) in [7, 11) is 0. The fourth-order valence-electron chi connectivity index (χ4n) is 1.56. The number of hydrogen-bond donors (Lipinski definition) is 1. The predicted octanol–water partition coefficient (Wildman–Crippen LogP) is 3.19. The molecule has 0 heterocycles.